The molecule has 1 fully saturated rings. The Morgan fingerprint density at radius 2 is 2.00 bits per heavy atom. The van der Waals surface area contributed by atoms with Gasteiger partial charge in [0.25, 0.3) is 5.69 Å². The highest BCUT2D eigenvalue weighted by molar-refractivity contribution is 7.09. The minimum Gasteiger partial charge on any atom is -0.365 e. The molecule has 0 aliphatic carbocycles. The molecule has 0 bridgehead atoms. The van der Waals surface area contributed by atoms with Gasteiger partial charge in [-0.25, -0.2) is 0 Å². The number of nitro benzene ring substituents is 1. The largest absolute Gasteiger partial charge is 0.365 e. The zero-order valence-electron chi connectivity index (χ0n) is 19.2. The normalized spacial score (nSPS) is 19.6. The molecule has 5 rings (SSSR count). The third kappa shape index (κ3) is 5.34. The van der Waals surface area contributed by atoms with Crippen LogP contribution in [0.2, 0.25) is 5.02 Å². The minimum absolute atomic E-state index is 0.00624. The number of fused-ring (bicyclic) bond motifs is 3. The molecule has 2 atom stereocenters. The second kappa shape index (κ2) is 10.4. The van der Waals surface area contributed by atoms with Gasteiger partial charge in [-0.1, -0.05) is 29.8 Å². The molecule has 35 heavy (non-hydrogen) atoms. The molecule has 0 unspecified atom stereocenters. The van der Waals surface area contributed by atoms with Crippen LogP contribution in [-0.2, 0) is 24.2 Å². The summed E-state index contributed by atoms with van der Waals surface area (Å²) >= 11 is 7.73. The van der Waals surface area contributed by atoms with Crippen molar-refractivity contribution in [2.75, 3.05) is 31.1 Å². The number of nitrogens with zero attached hydrogens (tertiary/aromatic N) is 3. The van der Waals surface area contributed by atoms with Crippen molar-refractivity contribution in [3.63, 3.8) is 0 Å². The first-order valence-corrected chi connectivity index (χ1v) is 13.0. The van der Waals surface area contributed by atoms with Crippen molar-refractivity contribution in [2.45, 2.75) is 25.4 Å². The molecule has 182 valence electrons. The van der Waals surface area contributed by atoms with Crippen LogP contribution in [0.5, 0.6) is 0 Å². The number of anilines is 1. The number of piperazine rings is 1. The number of hydrogen-bond acceptors (Lipinski definition) is 6. The summed E-state index contributed by atoms with van der Waals surface area (Å²) in [7, 11) is 0. The van der Waals surface area contributed by atoms with Crippen LogP contribution in [0.3, 0.4) is 0 Å². The third-order valence-electron chi connectivity index (χ3n) is 6.90. The third-order valence-corrected chi connectivity index (χ3v) is 8.09. The van der Waals surface area contributed by atoms with Gasteiger partial charge in [-0.05, 0) is 53.6 Å². The molecule has 7 nitrogen and oxygen atoms in total. The van der Waals surface area contributed by atoms with Crippen LogP contribution in [0.15, 0.2) is 60.0 Å². The molecule has 2 aliphatic rings. The number of amides is 1. The first-order valence-electron chi connectivity index (χ1n) is 11.8. The van der Waals surface area contributed by atoms with E-state index in [9.17, 15) is 14.9 Å². The number of carbonyl (C=O) groups is 1. The fourth-order valence-corrected chi connectivity index (χ4v) is 6.00. The molecular formula is C26H27ClN4O3S. The zero-order chi connectivity index (χ0) is 24.4. The van der Waals surface area contributed by atoms with E-state index in [0.29, 0.717) is 13.0 Å². The number of non-ortho nitro benzene ring substituents is 1. The van der Waals surface area contributed by atoms with Crippen molar-refractivity contribution >= 4 is 40.2 Å². The lowest BCUT2D eigenvalue weighted by molar-refractivity contribution is -0.384. The van der Waals surface area contributed by atoms with Gasteiger partial charge >= 0.3 is 0 Å². The molecule has 0 saturated carbocycles. The van der Waals surface area contributed by atoms with E-state index in [1.165, 1.54) is 10.4 Å². The van der Waals surface area contributed by atoms with Crippen LogP contribution >= 0.6 is 22.9 Å². The maximum Gasteiger partial charge on any atom is 0.269 e. The summed E-state index contributed by atoms with van der Waals surface area (Å²) in [5.41, 5.74) is 3.14. The average molecular weight is 511 g/mol. The van der Waals surface area contributed by atoms with E-state index >= 15 is 0 Å². The molecule has 1 saturated heterocycles. The highest BCUT2D eigenvalue weighted by atomic mass is 35.5. The van der Waals surface area contributed by atoms with Crippen molar-refractivity contribution in [1.29, 1.82) is 0 Å². The maximum atomic E-state index is 13.4. The Morgan fingerprint density at radius 1 is 1.17 bits per heavy atom. The number of thiophene rings is 1. The Balaban J connectivity index is 1.35. The fourth-order valence-electron chi connectivity index (χ4n) is 5.17. The minimum atomic E-state index is -0.369. The zero-order valence-corrected chi connectivity index (χ0v) is 20.8. The number of nitro groups is 1. The summed E-state index contributed by atoms with van der Waals surface area (Å²) in [4.78, 5) is 30.3. The maximum absolute atomic E-state index is 13.4. The standard InChI is InChI=1S/C26H27ClN4O3S/c27-20-5-3-18(4-6-20)16-29-11-12-30-24-8-7-21(31(33)34)14-19(24)15-23(25(30)17-29)26(32)28-10-9-22-2-1-13-35-22/h1-8,13-14,23,25H,9-12,15-17H2,(H,28,32)/t23-,25-/m1/s1. The molecule has 0 radical (unpaired) electrons. The number of nitrogens with one attached hydrogen (secondary N) is 1. The topological polar surface area (TPSA) is 78.7 Å². The van der Waals surface area contributed by atoms with Crippen LogP contribution in [0, 0.1) is 16.0 Å². The van der Waals surface area contributed by atoms with E-state index in [0.717, 1.165) is 48.9 Å². The molecule has 3 heterocycles. The van der Waals surface area contributed by atoms with E-state index in [-0.39, 0.29) is 28.5 Å². The Bertz CT molecular complexity index is 1200. The highest BCUT2D eigenvalue weighted by Gasteiger charge is 2.41. The Hall–Kier alpha value is -2.94. The van der Waals surface area contributed by atoms with Gasteiger partial charge in [0.1, 0.15) is 0 Å². The molecule has 1 amide bonds. The lowest BCUT2D eigenvalue weighted by Gasteiger charge is -2.49. The van der Waals surface area contributed by atoms with E-state index in [4.69, 9.17) is 11.6 Å². The summed E-state index contributed by atoms with van der Waals surface area (Å²) < 4.78 is 0. The molecular weight excluding hydrogens is 484 g/mol. The van der Waals surface area contributed by atoms with Crippen molar-refractivity contribution < 1.29 is 9.72 Å². The van der Waals surface area contributed by atoms with Gasteiger partial charge in [0.05, 0.1) is 16.9 Å². The SMILES string of the molecule is O=C(NCCc1cccs1)[C@@H]1Cc2cc([N+](=O)[O-])ccc2N2CCN(Cc3ccc(Cl)cc3)C[C@H]12. The summed E-state index contributed by atoms with van der Waals surface area (Å²) in [6.07, 6.45) is 1.30. The van der Waals surface area contributed by atoms with Crippen molar-refractivity contribution in [3.8, 4) is 0 Å². The molecule has 9 heteroatoms. The second-order valence-corrected chi connectivity index (χ2v) is 10.6. The molecule has 1 N–H and O–H groups in total. The Kier molecular flexibility index (Phi) is 7.04. The Labute approximate surface area is 213 Å². The van der Waals surface area contributed by atoms with Crippen LogP contribution in [0.1, 0.15) is 16.0 Å². The van der Waals surface area contributed by atoms with Crippen molar-refractivity contribution in [1.82, 2.24) is 10.2 Å². The van der Waals surface area contributed by atoms with Gasteiger partial charge in [-0.2, -0.15) is 0 Å². The van der Waals surface area contributed by atoms with Crippen molar-refractivity contribution in [2.24, 2.45) is 5.92 Å². The number of hydrogen-bond donors (Lipinski definition) is 1. The van der Waals surface area contributed by atoms with Gasteiger partial charge < -0.3 is 10.2 Å². The number of carbonyl (C=O) groups excluding carboxylic acids is 1. The van der Waals surface area contributed by atoms with Gasteiger partial charge in [0.15, 0.2) is 0 Å². The van der Waals surface area contributed by atoms with Crippen LogP contribution in [-0.4, -0.2) is 48.0 Å². The predicted molar refractivity (Wildman–Crippen MR) is 139 cm³/mol. The monoisotopic (exact) mass is 510 g/mol. The summed E-state index contributed by atoms with van der Waals surface area (Å²) in [5, 5.41) is 17.3. The predicted octanol–water partition coefficient (Wildman–Crippen LogP) is 4.53. The number of rotatable bonds is 7. The average Bonchev–Trinajstić information content (AvgIpc) is 3.38. The van der Waals surface area contributed by atoms with Crippen LogP contribution < -0.4 is 10.2 Å². The molecule has 2 aliphatic heterocycles. The summed E-state index contributed by atoms with van der Waals surface area (Å²) in [5.74, 6) is -0.261. The Morgan fingerprint density at radius 3 is 2.74 bits per heavy atom. The number of halogens is 1. The van der Waals surface area contributed by atoms with Crippen LogP contribution in [0.4, 0.5) is 11.4 Å². The number of benzene rings is 2. The molecule has 3 aromatic rings. The van der Waals surface area contributed by atoms with Gasteiger partial charge in [0, 0.05) is 60.4 Å². The van der Waals surface area contributed by atoms with E-state index in [1.807, 2.05) is 41.8 Å². The second-order valence-electron chi connectivity index (χ2n) is 9.12. The quantitative estimate of drug-likeness (QED) is 0.373. The lowest BCUT2D eigenvalue weighted by atomic mass is 9.83. The first-order chi connectivity index (χ1) is 17.0. The summed E-state index contributed by atoms with van der Waals surface area (Å²) in [6, 6.07) is 17.0. The van der Waals surface area contributed by atoms with E-state index < -0.39 is 0 Å². The fraction of sp³-hybridized carbons (Fsp3) is 0.346. The van der Waals surface area contributed by atoms with Gasteiger partial charge in [0.2, 0.25) is 5.91 Å². The molecule has 2 aromatic carbocycles. The van der Waals surface area contributed by atoms with Crippen molar-refractivity contribution in [3.05, 3.63) is 91.1 Å². The highest BCUT2D eigenvalue weighted by Crippen LogP contribution is 2.38. The van der Waals surface area contributed by atoms with E-state index in [2.05, 4.69) is 21.2 Å². The molecule has 0 spiro atoms. The van der Waals surface area contributed by atoms with Gasteiger partial charge in [-0.15, -0.1) is 11.3 Å². The molecule has 1 aromatic heterocycles. The van der Waals surface area contributed by atoms with Crippen LogP contribution in [0.25, 0.3) is 0 Å². The smallest absolute Gasteiger partial charge is 0.269 e. The summed E-state index contributed by atoms with van der Waals surface area (Å²) in [6.45, 7) is 3.74. The lowest BCUT2D eigenvalue weighted by Crippen LogP contribution is -2.61. The van der Waals surface area contributed by atoms with E-state index in [1.54, 1.807) is 23.5 Å². The first kappa shape index (κ1) is 23.8. The van der Waals surface area contributed by atoms with Gasteiger partial charge in [-0.3, -0.25) is 19.8 Å².